The maximum absolute atomic E-state index is 13.1. The van der Waals surface area contributed by atoms with Crippen LogP contribution in [0.15, 0.2) is 77.3 Å². The molecule has 34 heavy (non-hydrogen) atoms. The lowest BCUT2D eigenvalue weighted by Crippen LogP contribution is -2.40. The summed E-state index contributed by atoms with van der Waals surface area (Å²) >= 11 is 1.34. The molecule has 2 heterocycles. The van der Waals surface area contributed by atoms with Gasteiger partial charge in [0.05, 0.1) is 24.2 Å². The van der Waals surface area contributed by atoms with Crippen LogP contribution in [0.5, 0.6) is 0 Å². The van der Waals surface area contributed by atoms with Crippen LogP contribution in [-0.2, 0) is 27.7 Å². The zero-order valence-electron chi connectivity index (χ0n) is 18.6. The van der Waals surface area contributed by atoms with E-state index in [-0.39, 0.29) is 10.1 Å². The molecule has 0 radical (unpaired) electrons. The van der Waals surface area contributed by atoms with Gasteiger partial charge >= 0.3 is 0 Å². The highest BCUT2D eigenvalue weighted by Crippen LogP contribution is 2.30. The van der Waals surface area contributed by atoms with Gasteiger partial charge in [0.15, 0.2) is 11.0 Å². The van der Waals surface area contributed by atoms with Crippen molar-refractivity contribution in [3.63, 3.8) is 0 Å². The first-order valence-corrected chi connectivity index (χ1v) is 13.2. The third-order valence-corrected chi connectivity index (χ3v) is 8.35. The summed E-state index contributed by atoms with van der Waals surface area (Å²) in [5, 5.41) is 18.6. The van der Waals surface area contributed by atoms with E-state index in [1.807, 2.05) is 41.0 Å². The second kappa shape index (κ2) is 11.0. The molecule has 1 atom stereocenters. The van der Waals surface area contributed by atoms with Gasteiger partial charge < -0.3 is 4.74 Å². The zero-order valence-corrected chi connectivity index (χ0v) is 20.2. The van der Waals surface area contributed by atoms with Gasteiger partial charge in [-0.15, -0.1) is 16.8 Å². The Bertz CT molecular complexity index is 1280. The number of morpholine rings is 1. The van der Waals surface area contributed by atoms with Crippen molar-refractivity contribution in [2.75, 3.05) is 26.3 Å². The fraction of sp³-hybridized carbons (Fsp3) is 0.292. The van der Waals surface area contributed by atoms with Crippen LogP contribution in [0.4, 0.5) is 0 Å². The van der Waals surface area contributed by atoms with Gasteiger partial charge in [0.25, 0.3) is 0 Å². The molecule has 1 aliphatic rings. The van der Waals surface area contributed by atoms with E-state index in [1.165, 1.54) is 16.1 Å². The van der Waals surface area contributed by atoms with Crippen LogP contribution in [0.25, 0.3) is 11.4 Å². The monoisotopic (exact) mass is 495 g/mol. The predicted octanol–water partition coefficient (Wildman–Crippen LogP) is 3.38. The van der Waals surface area contributed by atoms with Crippen LogP contribution in [0, 0.1) is 11.3 Å². The smallest absolute Gasteiger partial charge is 0.243 e. The number of rotatable bonds is 9. The Balaban J connectivity index is 1.62. The molecule has 1 aromatic heterocycles. The molecule has 0 N–H and O–H groups in total. The lowest BCUT2D eigenvalue weighted by molar-refractivity contribution is 0.0730. The van der Waals surface area contributed by atoms with E-state index in [0.717, 1.165) is 5.56 Å². The Morgan fingerprint density at radius 1 is 1.15 bits per heavy atom. The van der Waals surface area contributed by atoms with Gasteiger partial charge in [-0.25, -0.2) is 8.42 Å². The summed E-state index contributed by atoms with van der Waals surface area (Å²) in [4.78, 5) is 0.202. The quantitative estimate of drug-likeness (QED) is 0.331. The van der Waals surface area contributed by atoms with E-state index in [4.69, 9.17) is 4.74 Å². The minimum atomic E-state index is -3.64. The van der Waals surface area contributed by atoms with Gasteiger partial charge in [0, 0.05) is 25.2 Å². The van der Waals surface area contributed by atoms with Crippen LogP contribution in [0.2, 0.25) is 0 Å². The minimum absolute atomic E-state index is 0.202. The molecule has 1 saturated heterocycles. The molecule has 4 rings (SSSR count). The van der Waals surface area contributed by atoms with Crippen LogP contribution in [-0.4, -0.2) is 59.0 Å². The highest BCUT2D eigenvalue weighted by molar-refractivity contribution is 8.00. The number of hydrogen-bond acceptors (Lipinski definition) is 7. The van der Waals surface area contributed by atoms with E-state index < -0.39 is 10.0 Å². The number of thioether (sulfide) groups is 1. The fourth-order valence-corrected chi connectivity index (χ4v) is 6.10. The standard InChI is InChI=1S/C24H25N5O3S2/c1-2-11-29-23(26-27-24(29)33-21(18-25)16-19-7-4-3-5-8-19)20-9-6-10-22(17-20)34(30,31)28-12-14-32-15-13-28/h2-10,17,21H,1,11-16H2/t21-/m1/s1. The molecule has 0 bridgehead atoms. The molecule has 0 saturated carbocycles. The third-order valence-electron chi connectivity index (χ3n) is 5.38. The van der Waals surface area contributed by atoms with Crippen molar-refractivity contribution in [1.29, 1.82) is 5.26 Å². The molecular weight excluding hydrogens is 470 g/mol. The minimum Gasteiger partial charge on any atom is -0.379 e. The van der Waals surface area contributed by atoms with E-state index in [1.54, 1.807) is 24.3 Å². The van der Waals surface area contributed by atoms with Crippen molar-refractivity contribution in [3.05, 3.63) is 72.8 Å². The van der Waals surface area contributed by atoms with Gasteiger partial charge in [-0.3, -0.25) is 4.57 Å². The number of allylic oxidation sites excluding steroid dienone is 1. The third kappa shape index (κ3) is 5.39. The Morgan fingerprint density at radius 3 is 2.62 bits per heavy atom. The molecule has 8 nitrogen and oxygen atoms in total. The SMILES string of the molecule is C=CCn1c(S[C@@H](C#N)Cc2ccccc2)nnc1-c1cccc(S(=O)(=O)N2CCOCC2)c1. The first kappa shape index (κ1) is 24.2. The first-order valence-electron chi connectivity index (χ1n) is 10.9. The van der Waals surface area contributed by atoms with E-state index >= 15 is 0 Å². The number of benzene rings is 2. The van der Waals surface area contributed by atoms with E-state index in [9.17, 15) is 13.7 Å². The predicted molar refractivity (Wildman–Crippen MR) is 131 cm³/mol. The Morgan fingerprint density at radius 2 is 1.91 bits per heavy atom. The molecular formula is C24H25N5O3S2. The molecule has 0 amide bonds. The van der Waals surface area contributed by atoms with Crippen LogP contribution in [0.3, 0.4) is 0 Å². The zero-order chi connectivity index (χ0) is 24.0. The second-order valence-electron chi connectivity index (χ2n) is 7.68. The topological polar surface area (TPSA) is 101 Å². The summed E-state index contributed by atoms with van der Waals surface area (Å²) in [7, 11) is -3.64. The second-order valence-corrected chi connectivity index (χ2v) is 10.8. The summed E-state index contributed by atoms with van der Waals surface area (Å²) in [6.07, 6.45) is 2.30. The number of nitriles is 1. The number of ether oxygens (including phenoxy) is 1. The summed E-state index contributed by atoms with van der Waals surface area (Å²) < 4.78 is 34.8. The number of aromatic nitrogens is 3. The largest absolute Gasteiger partial charge is 0.379 e. The average Bonchev–Trinajstić information content (AvgIpc) is 3.27. The molecule has 10 heteroatoms. The molecule has 1 fully saturated rings. The van der Waals surface area contributed by atoms with Crippen molar-refractivity contribution < 1.29 is 13.2 Å². The highest BCUT2D eigenvalue weighted by Gasteiger charge is 2.27. The van der Waals surface area contributed by atoms with E-state index in [0.29, 0.717) is 55.8 Å². The van der Waals surface area contributed by atoms with Crippen LogP contribution in [0.1, 0.15) is 5.56 Å². The van der Waals surface area contributed by atoms with Gasteiger partial charge in [-0.2, -0.15) is 9.57 Å². The summed E-state index contributed by atoms with van der Waals surface area (Å²) in [6, 6.07) is 18.9. The van der Waals surface area contributed by atoms with Crippen molar-refractivity contribution in [2.45, 2.75) is 28.3 Å². The number of nitrogens with zero attached hydrogens (tertiary/aromatic N) is 5. The Labute approximate surface area is 203 Å². The molecule has 2 aromatic carbocycles. The molecule has 176 valence electrons. The molecule has 1 aliphatic heterocycles. The summed E-state index contributed by atoms with van der Waals surface area (Å²) in [6.45, 7) is 5.69. The van der Waals surface area contributed by atoms with Gasteiger partial charge in [-0.05, 0) is 24.1 Å². The van der Waals surface area contributed by atoms with Gasteiger partial charge in [0.2, 0.25) is 10.0 Å². The maximum Gasteiger partial charge on any atom is 0.243 e. The first-order chi connectivity index (χ1) is 16.5. The lowest BCUT2D eigenvalue weighted by atomic mass is 10.1. The number of sulfonamides is 1. The van der Waals surface area contributed by atoms with Gasteiger partial charge in [-0.1, -0.05) is 60.3 Å². The van der Waals surface area contributed by atoms with Crippen LogP contribution < -0.4 is 0 Å². The Kier molecular flexibility index (Phi) is 7.80. The normalized spacial score (nSPS) is 15.5. The lowest BCUT2D eigenvalue weighted by Gasteiger charge is -2.26. The maximum atomic E-state index is 13.1. The van der Waals surface area contributed by atoms with Crippen LogP contribution >= 0.6 is 11.8 Å². The fourth-order valence-electron chi connectivity index (χ4n) is 3.68. The molecule has 0 spiro atoms. The number of hydrogen-bond donors (Lipinski definition) is 0. The van der Waals surface area contributed by atoms with Gasteiger partial charge in [0.1, 0.15) is 5.25 Å². The highest BCUT2D eigenvalue weighted by atomic mass is 32.2. The Hall–Kier alpha value is -2.97. The molecule has 0 unspecified atom stereocenters. The van der Waals surface area contributed by atoms with Crippen molar-refractivity contribution >= 4 is 21.8 Å². The summed E-state index contributed by atoms with van der Waals surface area (Å²) in [5.74, 6) is 0.526. The average molecular weight is 496 g/mol. The van der Waals surface area contributed by atoms with E-state index in [2.05, 4.69) is 22.8 Å². The van der Waals surface area contributed by atoms with Crippen molar-refractivity contribution in [2.24, 2.45) is 0 Å². The molecule has 3 aromatic rings. The van der Waals surface area contributed by atoms with Crippen molar-refractivity contribution in [1.82, 2.24) is 19.1 Å². The van der Waals surface area contributed by atoms with Crippen molar-refractivity contribution in [3.8, 4) is 17.5 Å². The molecule has 0 aliphatic carbocycles. The summed E-state index contributed by atoms with van der Waals surface area (Å²) in [5.41, 5.74) is 1.70.